The lowest BCUT2D eigenvalue weighted by Crippen LogP contribution is -2.38. The second-order valence-corrected chi connectivity index (χ2v) is 24.7. The summed E-state index contributed by atoms with van der Waals surface area (Å²) in [5, 5.41) is 8.88. The molecule has 3 aliphatic carbocycles. The lowest BCUT2D eigenvalue weighted by Gasteiger charge is -2.42. The summed E-state index contributed by atoms with van der Waals surface area (Å²) in [6.45, 7) is 26.4. The Bertz CT molecular complexity index is 3970. The van der Waals surface area contributed by atoms with Gasteiger partial charge >= 0.3 is 0 Å². The van der Waals surface area contributed by atoms with Crippen LogP contribution >= 0.6 is 0 Å². The van der Waals surface area contributed by atoms with Gasteiger partial charge in [-0.3, -0.25) is 0 Å². The number of benzene rings is 8. The molecule has 10 aromatic rings. The van der Waals surface area contributed by atoms with Crippen LogP contribution in [0.15, 0.2) is 138 Å². The second kappa shape index (κ2) is 13.5. The molecule has 70 heavy (non-hydrogen) atoms. The van der Waals surface area contributed by atoms with Crippen molar-refractivity contribution in [2.75, 3.05) is 5.32 Å². The van der Waals surface area contributed by atoms with Crippen molar-refractivity contribution in [2.45, 2.75) is 116 Å². The summed E-state index contributed by atoms with van der Waals surface area (Å²) in [6, 6.07) is 51.3. The normalized spacial score (nSPS) is 17.2. The predicted octanol–water partition coefficient (Wildman–Crippen LogP) is 16.3. The molecule has 4 heteroatoms. The number of nitrogens with one attached hydrogen (secondary N) is 1. The first-order valence-corrected chi connectivity index (χ1v) is 25.6. The zero-order chi connectivity index (χ0) is 48.2. The van der Waals surface area contributed by atoms with E-state index in [2.05, 4.69) is 227 Å². The molecule has 0 saturated heterocycles. The molecular formula is C66H60BN2O. The highest BCUT2D eigenvalue weighted by Crippen LogP contribution is 2.57. The van der Waals surface area contributed by atoms with E-state index in [0.717, 1.165) is 27.9 Å². The van der Waals surface area contributed by atoms with Crippen molar-refractivity contribution in [1.82, 2.24) is 4.57 Å². The fourth-order valence-electron chi connectivity index (χ4n) is 13.7. The van der Waals surface area contributed by atoms with Gasteiger partial charge < -0.3 is 14.3 Å². The van der Waals surface area contributed by atoms with Crippen molar-refractivity contribution in [2.24, 2.45) is 0 Å². The molecule has 1 aliphatic heterocycles. The highest BCUT2D eigenvalue weighted by Gasteiger charge is 2.44. The number of hydrogen-bond acceptors (Lipinski definition) is 2. The number of hydrogen-bond donors (Lipinski definition) is 1. The maximum absolute atomic E-state index is 6.60. The SMILES string of the molecule is CC(C)(C)c1ccc(Nc2cc3c(cc2-c2ccc4c5c6c(ccc5n5c4c2[B]c2cc4c(cc2-5)-c2ccccc2C4(C)C)oc2ccccc26)-c2cc4c(cc2C3(C)C)C(C)(C)CCC4(C)C)cc1. The molecule has 0 amide bonds. The first-order chi connectivity index (χ1) is 33.3. The van der Waals surface area contributed by atoms with Crippen LogP contribution in [-0.2, 0) is 27.1 Å². The van der Waals surface area contributed by atoms with E-state index >= 15 is 0 Å². The molecule has 0 spiro atoms. The van der Waals surface area contributed by atoms with Gasteiger partial charge in [-0.1, -0.05) is 160 Å². The van der Waals surface area contributed by atoms with Crippen LogP contribution in [0.3, 0.4) is 0 Å². The molecule has 0 bridgehead atoms. The second-order valence-electron chi connectivity index (χ2n) is 24.7. The van der Waals surface area contributed by atoms with Gasteiger partial charge in [0, 0.05) is 60.5 Å². The molecule has 1 radical (unpaired) electrons. The Kier molecular flexibility index (Phi) is 8.15. The van der Waals surface area contributed by atoms with Crippen LogP contribution in [0.25, 0.3) is 82.8 Å². The van der Waals surface area contributed by atoms with E-state index in [9.17, 15) is 0 Å². The number of furan rings is 1. The van der Waals surface area contributed by atoms with E-state index in [0.29, 0.717) is 0 Å². The quantitative estimate of drug-likeness (QED) is 0.179. The summed E-state index contributed by atoms with van der Waals surface area (Å²) in [6.07, 6.45) is 2.38. The highest BCUT2D eigenvalue weighted by atomic mass is 16.3. The molecule has 2 aromatic heterocycles. The summed E-state index contributed by atoms with van der Waals surface area (Å²) >= 11 is 0. The third-order valence-electron chi connectivity index (χ3n) is 17.8. The summed E-state index contributed by atoms with van der Waals surface area (Å²) in [7, 11) is 2.52. The van der Waals surface area contributed by atoms with Crippen molar-refractivity contribution in [3.63, 3.8) is 0 Å². The molecule has 1 N–H and O–H groups in total. The van der Waals surface area contributed by atoms with Gasteiger partial charge in [0.1, 0.15) is 11.2 Å². The smallest absolute Gasteiger partial charge is 0.197 e. The number of rotatable bonds is 3. The molecule has 0 fully saturated rings. The summed E-state index contributed by atoms with van der Waals surface area (Å²) < 4.78 is 9.19. The number of fused-ring (bicyclic) bond motifs is 16. The minimum absolute atomic E-state index is 0.0600. The number of aromatic nitrogens is 1. The third kappa shape index (κ3) is 5.54. The molecular weight excluding hydrogens is 848 g/mol. The largest absolute Gasteiger partial charge is 0.456 e. The number of nitrogens with zero attached hydrogens (tertiary/aromatic N) is 1. The number of anilines is 2. The van der Waals surface area contributed by atoms with E-state index in [1.165, 1.54) is 129 Å². The zero-order valence-electron chi connectivity index (χ0n) is 42.5. The molecule has 0 atom stereocenters. The van der Waals surface area contributed by atoms with Crippen LogP contribution in [0.4, 0.5) is 11.4 Å². The molecule has 3 heterocycles. The molecule has 4 aliphatic rings. The number of para-hydroxylation sites is 1. The maximum atomic E-state index is 6.60. The minimum atomic E-state index is -0.193. The Morgan fingerprint density at radius 3 is 1.94 bits per heavy atom. The monoisotopic (exact) mass is 907 g/mol. The van der Waals surface area contributed by atoms with E-state index in [1.807, 2.05) is 0 Å². The van der Waals surface area contributed by atoms with Gasteiger partial charge in [-0.15, -0.1) is 0 Å². The van der Waals surface area contributed by atoms with E-state index in [-0.39, 0.29) is 27.1 Å². The molecule has 343 valence electrons. The Labute approximate surface area is 413 Å². The average molecular weight is 908 g/mol. The standard InChI is InChI=1S/C66H60BN2O/c1-62(2,3)36-20-22-37(23-21-36)68-53-35-49-42(43-31-50-51(33-47(43)66(49,10)11)64(6,7)29-28-63(50,4)5)30-45(53)39-24-25-41-58-54(26-27-57-59(58)40-17-13-15-19-56(40)70-57)69-55-32-44-38-16-12-14-18-46(38)65(8,9)48(44)34-52(55)67-60(39)61(41)69/h12-27,30-35,68H,28-29H2,1-11H3. The first-order valence-electron chi connectivity index (χ1n) is 25.6. The van der Waals surface area contributed by atoms with Crippen LogP contribution in [0.2, 0.25) is 0 Å². The first kappa shape index (κ1) is 42.1. The molecule has 14 rings (SSSR count). The van der Waals surface area contributed by atoms with Crippen molar-refractivity contribution in [3.05, 3.63) is 172 Å². The van der Waals surface area contributed by atoms with Crippen LogP contribution in [0, 0.1) is 0 Å². The zero-order valence-corrected chi connectivity index (χ0v) is 42.5. The highest BCUT2D eigenvalue weighted by molar-refractivity contribution is 6.73. The van der Waals surface area contributed by atoms with Crippen molar-refractivity contribution < 1.29 is 4.42 Å². The van der Waals surface area contributed by atoms with Gasteiger partial charge in [0.25, 0.3) is 0 Å². The van der Waals surface area contributed by atoms with Crippen molar-refractivity contribution in [1.29, 1.82) is 0 Å². The predicted molar refractivity (Wildman–Crippen MR) is 297 cm³/mol. The van der Waals surface area contributed by atoms with Crippen LogP contribution in [0.5, 0.6) is 0 Å². The average Bonchev–Trinajstić information content (AvgIpc) is 4.01. The third-order valence-corrected chi connectivity index (χ3v) is 17.8. The van der Waals surface area contributed by atoms with Crippen LogP contribution in [0.1, 0.15) is 128 Å². The maximum Gasteiger partial charge on any atom is 0.197 e. The van der Waals surface area contributed by atoms with Gasteiger partial charge in [0.15, 0.2) is 7.28 Å². The van der Waals surface area contributed by atoms with Crippen LogP contribution < -0.4 is 16.2 Å². The van der Waals surface area contributed by atoms with Gasteiger partial charge in [-0.25, -0.2) is 0 Å². The minimum Gasteiger partial charge on any atom is -0.456 e. The van der Waals surface area contributed by atoms with Gasteiger partial charge in [0.05, 0.1) is 5.52 Å². The van der Waals surface area contributed by atoms with E-state index in [1.54, 1.807) is 0 Å². The van der Waals surface area contributed by atoms with Gasteiger partial charge in [-0.2, -0.15) is 0 Å². The van der Waals surface area contributed by atoms with Crippen LogP contribution in [-0.4, -0.2) is 11.8 Å². The fraction of sp³-hybridized carbons (Fsp3) is 0.273. The summed E-state index contributed by atoms with van der Waals surface area (Å²) in [5.74, 6) is 0. The Morgan fingerprint density at radius 1 is 0.514 bits per heavy atom. The van der Waals surface area contributed by atoms with Gasteiger partial charge in [-0.05, 0) is 156 Å². The lowest BCUT2D eigenvalue weighted by atomic mass is 9.58. The lowest BCUT2D eigenvalue weighted by molar-refractivity contribution is 0.331. The molecule has 8 aromatic carbocycles. The molecule has 0 saturated carbocycles. The Balaban J connectivity index is 1.07. The Morgan fingerprint density at radius 2 is 1.17 bits per heavy atom. The molecule has 0 unspecified atom stereocenters. The Hall–Kier alpha value is -6.78. The van der Waals surface area contributed by atoms with E-state index in [4.69, 9.17) is 4.42 Å². The topological polar surface area (TPSA) is 30.1 Å². The van der Waals surface area contributed by atoms with E-state index < -0.39 is 0 Å². The van der Waals surface area contributed by atoms with Crippen molar-refractivity contribution in [3.8, 4) is 39.1 Å². The summed E-state index contributed by atoms with van der Waals surface area (Å²) in [5.41, 5.74) is 27.9. The summed E-state index contributed by atoms with van der Waals surface area (Å²) in [4.78, 5) is 0. The van der Waals surface area contributed by atoms with Crippen molar-refractivity contribution >= 4 is 73.3 Å². The fourth-order valence-corrected chi connectivity index (χ4v) is 13.7. The van der Waals surface area contributed by atoms with Gasteiger partial charge in [0.2, 0.25) is 0 Å². The molecule has 3 nitrogen and oxygen atoms in total.